The van der Waals surface area contributed by atoms with Crippen molar-refractivity contribution in [1.82, 2.24) is 9.80 Å². The van der Waals surface area contributed by atoms with Crippen molar-refractivity contribution in [1.29, 1.82) is 0 Å². The van der Waals surface area contributed by atoms with Crippen LogP contribution in [0.25, 0.3) is 0 Å². The van der Waals surface area contributed by atoms with E-state index in [1.54, 1.807) is 0 Å². The number of aryl methyl sites for hydroxylation is 2. The fourth-order valence-electron chi connectivity index (χ4n) is 4.57. The molecule has 0 radical (unpaired) electrons. The molecule has 2 aliphatic heterocycles. The highest BCUT2D eigenvalue weighted by Crippen LogP contribution is 2.30. The number of carbonyl (C=O) groups excluding carboxylic acids is 1. The molecule has 0 unspecified atom stereocenters. The Balaban J connectivity index is 1.67. The van der Waals surface area contributed by atoms with Gasteiger partial charge in [-0.2, -0.15) is 0 Å². The second kappa shape index (κ2) is 7.97. The van der Waals surface area contributed by atoms with E-state index in [2.05, 4.69) is 60.8 Å². The molecule has 1 aromatic rings. The van der Waals surface area contributed by atoms with Crippen LogP contribution in [-0.4, -0.2) is 74.7 Å². The number of anilines is 1. The Morgan fingerprint density at radius 3 is 2.27 bits per heavy atom. The van der Waals surface area contributed by atoms with Crippen molar-refractivity contribution >= 4 is 11.7 Å². The van der Waals surface area contributed by atoms with Gasteiger partial charge in [-0.05, 0) is 70.5 Å². The highest BCUT2D eigenvalue weighted by Gasteiger charge is 2.42. The van der Waals surface area contributed by atoms with Crippen LogP contribution in [0.15, 0.2) is 18.2 Å². The van der Waals surface area contributed by atoms with Gasteiger partial charge >= 0.3 is 5.97 Å². The molecule has 0 aromatic heterocycles. The number of benzene rings is 1. The summed E-state index contributed by atoms with van der Waals surface area (Å²) in [6.45, 7) is 7.38. The molecule has 1 aromatic carbocycles. The molecule has 2 aliphatic rings. The molecule has 5 nitrogen and oxygen atoms in total. The van der Waals surface area contributed by atoms with Gasteiger partial charge in [-0.1, -0.05) is 6.07 Å². The molecule has 0 amide bonds. The number of carbonyl (C=O) groups is 1. The van der Waals surface area contributed by atoms with Crippen molar-refractivity contribution in [2.24, 2.45) is 0 Å². The molecular weight excluding hydrogens is 326 g/mol. The maximum Gasteiger partial charge on any atom is 0.323 e. The first-order valence-electron chi connectivity index (χ1n) is 9.72. The van der Waals surface area contributed by atoms with E-state index in [0.717, 1.165) is 38.9 Å². The zero-order valence-electron chi connectivity index (χ0n) is 16.9. The number of methoxy groups -OCH3 is 1. The van der Waals surface area contributed by atoms with Gasteiger partial charge in [0.2, 0.25) is 0 Å². The third-order valence-corrected chi connectivity index (χ3v) is 6.03. The molecular formula is C21H33N3O2. The summed E-state index contributed by atoms with van der Waals surface area (Å²) in [6, 6.07) is 7.58. The van der Waals surface area contributed by atoms with Gasteiger partial charge in [0.05, 0.1) is 7.11 Å². The lowest BCUT2D eigenvalue weighted by atomic mass is 10.0. The summed E-state index contributed by atoms with van der Waals surface area (Å²) < 4.78 is 5.09. The van der Waals surface area contributed by atoms with Gasteiger partial charge in [0, 0.05) is 37.4 Å². The van der Waals surface area contributed by atoms with E-state index in [4.69, 9.17) is 4.74 Å². The number of likely N-dealkylation sites (tertiary alicyclic amines) is 1. The Kier molecular flexibility index (Phi) is 5.88. The first-order valence-corrected chi connectivity index (χ1v) is 9.72. The normalized spacial score (nSPS) is 25.1. The number of ether oxygens (including phenoxy) is 1. The standard InChI is InChI=1S/C21H33N3O2/c1-15-10-16(2)12-18(11-15)23-8-6-17(7-9-23)24-14-19(22(3)4)13-20(24)21(25)26-5/h10-12,17,19-20H,6-9,13-14H2,1-5H3/t19-,20+/m1/s1. The lowest BCUT2D eigenvalue weighted by Crippen LogP contribution is -2.49. The van der Waals surface area contributed by atoms with Gasteiger partial charge in [0.15, 0.2) is 0 Å². The topological polar surface area (TPSA) is 36.0 Å². The minimum absolute atomic E-state index is 0.0777. The van der Waals surface area contributed by atoms with Crippen LogP contribution in [0.1, 0.15) is 30.4 Å². The van der Waals surface area contributed by atoms with Crippen molar-refractivity contribution in [2.45, 2.75) is 51.2 Å². The Bertz CT molecular complexity index is 618. The highest BCUT2D eigenvalue weighted by molar-refractivity contribution is 5.76. The van der Waals surface area contributed by atoms with Crippen LogP contribution in [0.4, 0.5) is 5.69 Å². The fraction of sp³-hybridized carbons (Fsp3) is 0.667. The molecule has 5 heteroatoms. The Labute approximate surface area is 157 Å². The van der Waals surface area contributed by atoms with Crippen molar-refractivity contribution in [3.63, 3.8) is 0 Å². The number of likely N-dealkylation sites (N-methyl/N-ethyl adjacent to an activating group) is 1. The summed E-state index contributed by atoms with van der Waals surface area (Å²) >= 11 is 0. The summed E-state index contributed by atoms with van der Waals surface area (Å²) in [5, 5.41) is 0. The molecule has 2 saturated heterocycles. The zero-order chi connectivity index (χ0) is 18.8. The van der Waals surface area contributed by atoms with Crippen LogP contribution in [0.3, 0.4) is 0 Å². The number of hydrogen-bond donors (Lipinski definition) is 0. The largest absolute Gasteiger partial charge is 0.468 e. The van der Waals surface area contributed by atoms with E-state index in [-0.39, 0.29) is 12.0 Å². The average Bonchev–Trinajstić information content (AvgIpc) is 3.06. The second-order valence-electron chi connectivity index (χ2n) is 8.15. The van der Waals surface area contributed by atoms with Crippen LogP contribution >= 0.6 is 0 Å². The van der Waals surface area contributed by atoms with Crippen molar-refractivity contribution in [2.75, 3.05) is 45.7 Å². The molecule has 2 heterocycles. The van der Waals surface area contributed by atoms with E-state index >= 15 is 0 Å². The number of hydrogen-bond acceptors (Lipinski definition) is 5. The third-order valence-electron chi connectivity index (χ3n) is 6.03. The monoisotopic (exact) mass is 359 g/mol. The third kappa shape index (κ3) is 4.04. The molecule has 0 aliphatic carbocycles. The SMILES string of the molecule is COC(=O)[C@@H]1C[C@@H](N(C)C)CN1C1CCN(c2cc(C)cc(C)c2)CC1. The molecule has 0 bridgehead atoms. The lowest BCUT2D eigenvalue weighted by molar-refractivity contribution is -0.146. The summed E-state index contributed by atoms with van der Waals surface area (Å²) in [7, 11) is 5.71. The molecule has 0 saturated carbocycles. The smallest absolute Gasteiger partial charge is 0.323 e. The summed E-state index contributed by atoms with van der Waals surface area (Å²) in [6.07, 6.45) is 3.07. The molecule has 26 heavy (non-hydrogen) atoms. The summed E-state index contributed by atoms with van der Waals surface area (Å²) in [4.78, 5) is 19.4. The van der Waals surface area contributed by atoms with Gasteiger partial charge in [0.1, 0.15) is 6.04 Å². The molecule has 144 valence electrons. The maximum absolute atomic E-state index is 12.3. The van der Waals surface area contributed by atoms with Gasteiger partial charge in [-0.15, -0.1) is 0 Å². The number of rotatable bonds is 4. The van der Waals surface area contributed by atoms with Crippen molar-refractivity contribution < 1.29 is 9.53 Å². The van der Waals surface area contributed by atoms with E-state index < -0.39 is 0 Å². The van der Waals surface area contributed by atoms with Crippen LogP contribution in [-0.2, 0) is 9.53 Å². The van der Waals surface area contributed by atoms with E-state index in [9.17, 15) is 4.79 Å². The average molecular weight is 360 g/mol. The van der Waals surface area contributed by atoms with Gasteiger partial charge < -0.3 is 14.5 Å². The maximum atomic E-state index is 12.3. The summed E-state index contributed by atoms with van der Waals surface area (Å²) in [5.74, 6) is -0.0777. The molecule has 3 rings (SSSR count). The second-order valence-corrected chi connectivity index (χ2v) is 8.15. The van der Waals surface area contributed by atoms with Gasteiger partial charge in [-0.3, -0.25) is 9.69 Å². The first-order chi connectivity index (χ1) is 12.4. The zero-order valence-corrected chi connectivity index (χ0v) is 16.9. The van der Waals surface area contributed by atoms with Crippen LogP contribution in [0.5, 0.6) is 0 Å². The Morgan fingerprint density at radius 1 is 1.12 bits per heavy atom. The minimum atomic E-state index is -0.0924. The Hall–Kier alpha value is -1.59. The predicted molar refractivity (Wildman–Crippen MR) is 106 cm³/mol. The van der Waals surface area contributed by atoms with E-state index in [1.165, 1.54) is 23.9 Å². The van der Waals surface area contributed by atoms with Crippen molar-refractivity contribution in [3.05, 3.63) is 29.3 Å². The number of esters is 1. The highest BCUT2D eigenvalue weighted by atomic mass is 16.5. The minimum Gasteiger partial charge on any atom is -0.468 e. The van der Waals surface area contributed by atoms with E-state index in [1.807, 2.05) is 0 Å². The van der Waals surface area contributed by atoms with Gasteiger partial charge in [-0.25, -0.2) is 0 Å². The molecule has 0 spiro atoms. The molecule has 0 N–H and O–H groups in total. The lowest BCUT2D eigenvalue weighted by Gasteiger charge is -2.39. The number of nitrogens with zero attached hydrogens (tertiary/aromatic N) is 3. The van der Waals surface area contributed by atoms with Crippen molar-refractivity contribution in [3.8, 4) is 0 Å². The van der Waals surface area contributed by atoms with Gasteiger partial charge in [0.25, 0.3) is 0 Å². The summed E-state index contributed by atoms with van der Waals surface area (Å²) in [5.41, 5.74) is 3.97. The first kappa shape index (κ1) is 19.2. The fourth-order valence-corrected chi connectivity index (χ4v) is 4.57. The van der Waals surface area contributed by atoms with E-state index in [0.29, 0.717) is 12.1 Å². The molecule has 2 atom stereocenters. The van der Waals surface area contributed by atoms with Crippen LogP contribution in [0.2, 0.25) is 0 Å². The predicted octanol–water partition coefficient (Wildman–Crippen LogP) is 2.45. The van der Waals surface area contributed by atoms with Crippen LogP contribution < -0.4 is 4.90 Å². The Morgan fingerprint density at radius 2 is 1.73 bits per heavy atom. The quantitative estimate of drug-likeness (QED) is 0.772. The van der Waals surface area contributed by atoms with Crippen LogP contribution in [0, 0.1) is 13.8 Å². The number of piperidine rings is 1. The molecule has 2 fully saturated rings.